The van der Waals surface area contributed by atoms with E-state index in [1.165, 1.54) is 24.2 Å². The number of aromatic nitrogens is 1. The second kappa shape index (κ2) is 5.14. The van der Waals surface area contributed by atoms with Crippen molar-refractivity contribution in [3.05, 3.63) is 40.0 Å². The number of nitrogens with two attached hydrogens (primary N) is 1. The third-order valence-electron chi connectivity index (χ3n) is 3.60. The number of thiophene rings is 1. The van der Waals surface area contributed by atoms with Crippen molar-refractivity contribution in [3.63, 3.8) is 0 Å². The molecule has 1 aliphatic rings. The number of rotatable bonds is 4. The lowest BCUT2D eigenvalue weighted by atomic mass is 10.1. The monoisotopic (exact) mass is 284 g/mol. The van der Waals surface area contributed by atoms with Gasteiger partial charge in [0, 0.05) is 11.8 Å². The quantitative estimate of drug-likeness (QED) is 0.902. The third-order valence-corrected chi connectivity index (χ3v) is 4.69. The van der Waals surface area contributed by atoms with Gasteiger partial charge < -0.3 is 11.1 Å². The van der Waals surface area contributed by atoms with Crippen LogP contribution in [-0.2, 0) is 6.54 Å². The first kappa shape index (κ1) is 12.9. The maximum absolute atomic E-state index is 9.13. The number of anilines is 2. The fourth-order valence-electron chi connectivity index (χ4n) is 2.32. The standard InChI is InChI=1S/C15H16N4S/c1-9-3-2-6-18-11(9)8-19-15-13(10-4-5-10)14(17)12(7-16)20-15/h2-3,6,10,19H,4-5,8,17H2,1H3. The molecule has 1 fully saturated rings. The van der Waals surface area contributed by atoms with Crippen LogP contribution in [0.4, 0.5) is 10.7 Å². The fourth-order valence-corrected chi connectivity index (χ4v) is 3.32. The molecule has 3 rings (SSSR count). The topological polar surface area (TPSA) is 74.7 Å². The molecule has 0 bridgehead atoms. The maximum atomic E-state index is 9.13. The summed E-state index contributed by atoms with van der Waals surface area (Å²) in [5.74, 6) is 0.528. The Morgan fingerprint density at radius 1 is 1.55 bits per heavy atom. The van der Waals surface area contributed by atoms with Gasteiger partial charge in [-0.1, -0.05) is 6.07 Å². The minimum Gasteiger partial charge on any atom is -0.397 e. The summed E-state index contributed by atoms with van der Waals surface area (Å²) in [5, 5.41) is 13.6. The van der Waals surface area contributed by atoms with Gasteiger partial charge in [-0.2, -0.15) is 5.26 Å². The number of hydrogen-bond acceptors (Lipinski definition) is 5. The highest BCUT2D eigenvalue weighted by molar-refractivity contribution is 7.17. The first-order valence-corrected chi connectivity index (χ1v) is 7.49. The van der Waals surface area contributed by atoms with E-state index >= 15 is 0 Å². The highest BCUT2D eigenvalue weighted by atomic mass is 32.1. The Hall–Kier alpha value is -2.06. The van der Waals surface area contributed by atoms with Gasteiger partial charge in [-0.15, -0.1) is 11.3 Å². The van der Waals surface area contributed by atoms with Gasteiger partial charge in [-0.05, 0) is 37.3 Å². The summed E-state index contributed by atoms with van der Waals surface area (Å²) >= 11 is 1.45. The second-order valence-corrected chi connectivity index (χ2v) is 6.11. The molecular weight excluding hydrogens is 268 g/mol. The SMILES string of the molecule is Cc1cccnc1CNc1sc(C#N)c(N)c1C1CC1. The molecule has 2 aromatic heterocycles. The van der Waals surface area contributed by atoms with Gasteiger partial charge >= 0.3 is 0 Å². The minimum absolute atomic E-state index is 0.528. The van der Waals surface area contributed by atoms with Crippen LogP contribution in [0.25, 0.3) is 0 Å². The molecule has 0 aliphatic heterocycles. The van der Waals surface area contributed by atoms with E-state index in [-0.39, 0.29) is 0 Å². The Bertz CT molecular complexity index is 680. The minimum atomic E-state index is 0.528. The number of nitrogen functional groups attached to an aromatic ring is 1. The highest BCUT2D eigenvalue weighted by Gasteiger charge is 2.31. The number of nitriles is 1. The van der Waals surface area contributed by atoms with Gasteiger partial charge in [0.25, 0.3) is 0 Å². The lowest BCUT2D eigenvalue weighted by Crippen LogP contribution is -2.04. The van der Waals surface area contributed by atoms with Crippen LogP contribution in [0.3, 0.4) is 0 Å². The summed E-state index contributed by atoms with van der Waals surface area (Å²) in [7, 11) is 0. The zero-order chi connectivity index (χ0) is 14.1. The summed E-state index contributed by atoms with van der Waals surface area (Å²) in [4.78, 5) is 5.00. The van der Waals surface area contributed by atoms with E-state index in [2.05, 4.69) is 29.4 Å². The van der Waals surface area contributed by atoms with E-state index in [1.54, 1.807) is 6.20 Å². The van der Waals surface area contributed by atoms with Crippen LogP contribution in [0.5, 0.6) is 0 Å². The average molecular weight is 284 g/mol. The Morgan fingerprint density at radius 3 is 3.00 bits per heavy atom. The molecule has 1 saturated carbocycles. The van der Waals surface area contributed by atoms with Crippen molar-refractivity contribution < 1.29 is 0 Å². The number of pyridine rings is 1. The smallest absolute Gasteiger partial charge is 0.130 e. The van der Waals surface area contributed by atoms with Crippen LogP contribution in [0.15, 0.2) is 18.3 Å². The van der Waals surface area contributed by atoms with Crippen molar-refractivity contribution >= 4 is 22.0 Å². The number of nitrogens with one attached hydrogen (secondary N) is 1. The Kier molecular flexibility index (Phi) is 3.33. The molecule has 0 atom stereocenters. The molecule has 0 saturated heterocycles. The van der Waals surface area contributed by atoms with E-state index in [0.717, 1.165) is 21.8 Å². The molecule has 2 heterocycles. The molecule has 0 radical (unpaired) electrons. The summed E-state index contributed by atoms with van der Waals surface area (Å²) in [5.41, 5.74) is 10.1. The van der Waals surface area contributed by atoms with Crippen LogP contribution in [-0.4, -0.2) is 4.98 Å². The highest BCUT2D eigenvalue weighted by Crippen LogP contribution is 2.50. The molecule has 0 spiro atoms. The molecule has 0 amide bonds. The molecule has 0 aromatic carbocycles. The van der Waals surface area contributed by atoms with Crippen LogP contribution in [0, 0.1) is 18.3 Å². The van der Waals surface area contributed by atoms with Crippen LogP contribution < -0.4 is 11.1 Å². The fraction of sp³-hybridized carbons (Fsp3) is 0.333. The average Bonchev–Trinajstić information content (AvgIpc) is 3.23. The van der Waals surface area contributed by atoms with E-state index in [9.17, 15) is 0 Å². The van der Waals surface area contributed by atoms with Crippen molar-refractivity contribution in [1.29, 1.82) is 5.26 Å². The Morgan fingerprint density at radius 2 is 2.35 bits per heavy atom. The molecule has 3 N–H and O–H groups in total. The first-order chi connectivity index (χ1) is 9.70. The van der Waals surface area contributed by atoms with Gasteiger partial charge in [0.15, 0.2) is 0 Å². The predicted octanol–water partition coefficient (Wildman–Crippen LogP) is 3.39. The molecule has 0 unspecified atom stereocenters. The molecule has 4 nitrogen and oxygen atoms in total. The lowest BCUT2D eigenvalue weighted by molar-refractivity contribution is 1.01. The number of hydrogen-bond donors (Lipinski definition) is 2. The zero-order valence-corrected chi connectivity index (χ0v) is 12.1. The molecular formula is C15H16N4S. The second-order valence-electron chi connectivity index (χ2n) is 5.09. The van der Waals surface area contributed by atoms with Crippen molar-refractivity contribution in [2.75, 3.05) is 11.1 Å². The maximum Gasteiger partial charge on any atom is 0.130 e. The van der Waals surface area contributed by atoms with Gasteiger partial charge in [0.1, 0.15) is 10.9 Å². The van der Waals surface area contributed by atoms with E-state index in [4.69, 9.17) is 11.0 Å². The molecule has 2 aromatic rings. The van der Waals surface area contributed by atoms with Crippen molar-refractivity contribution in [2.24, 2.45) is 0 Å². The number of nitrogens with zero attached hydrogens (tertiary/aromatic N) is 2. The van der Waals surface area contributed by atoms with Gasteiger partial charge in [-0.25, -0.2) is 0 Å². The summed E-state index contributed by atoms with van der Waals surface area (Å²) in [6, 6.07) is 6.17. The van der Waals surface area contributed by atoms with Crippen LogP contribution in [0.2, 0.25) is 0 Å². The third kappa shape index (κ3) is 2.35. The van der Waals surface area contributed by atoms with Gasteiger partial charge in [-0.3, -0.25) is 4.98 Å². The van der Waals surface area contributed by atoms with Crippen molar-refractivity contribution in [2.45, 2.75) is 32.2 Å². The van der Waals surface area contributed by atoms with Gasteiger partial charge in [0.05, 0.1) is 22.9 Å². The van der Waals surface area contributed by atoms with Crippen molar-refractivity contribution in [1.82, 2.24) is 4.98 Å². The van der Waals surface area contributed by atoms with E-state index in [0.29, 0.717) is 23.0 Å². The summed E-state index contributed by atoms with van der Waals surface area (Å²) < 4.78 is 0. The zero-order valence-electron chi connectivity index (χ0n) is 11.3. The molecule has 1 aliphatic carbocycles. The first-order valence-electron chi connectivity index (χ1n) is 6.67. The van der Waals surface area contributed by atoms with Gasteiger partial charge in [0.2, 0.25) is 0 Å². The largest absolute Gasteiger partial charge is 0.397 e. The molecule has 102 valence electrons. The Balaban J connectivity index is 1.84. The van der Waals surface area contributed by atoms with Crippen LogP contribution in [0.1, 0.15) is 40.5 Å². The van der Waals surface area contributed by atoms with Crippen LogP contribution >= 0.6 is 11.3 Å². The summed E-state index contributed by atoms with van der Waals surface area (Å²) in [6.07, 6.45) is 4.14. The van der Waals surface area contributed by atoms with E-state index < -0.39 is 0 Å². The number of aryl methyl sites for hydroxylation is 1. The normalized spacial score (nSPS) is 14.0. The molecule has 5 heteroatoms. The molecule has 20 heavy (non-hydrogen) atoms. The van der Waals surface area contributed by atoms with Crippen molar-refractivity contribution in [3.8, 4) is 6.07 Å². The summed E-state index contributed by atoms with van der Waals surface area (Å²) in [6.45, 7) is 2.71. The lowest BCUT2D eigenvalue weighted by Gasteiger charge is -2.08. The predicted molar refractivity (Wildman–Crippen MR) is 81.7 cm³/mol. The Labute approximate surface area is 122 Å². The van der Waals surface area contributed by atoms with E-state index in [1.807, 2.05) is 6.07 Å².